The van der Waals surface area contributed by atoms with Crippen LogP contribution >= 0.6 is 11.6 Å². The number of hydrogen-bond donors (Lipinski definition) is 0. The molecule has 1 aromatic heterocycles. The van der Waals surface area contributed by atoms with E-state index in [4.69, 9.17) is 16.3 Å². The number of rotatable bonds is 7. The predicted molar refractivity (Wildman–Crippen MR) is 122 cm³/mol. The van der Waals surface area contributed by atoms with Gasteiger partial charge >= 0.3 is 0 Å². The highest BCUT2D eigenvalue weighted by Gasteiger charge is 2.28. The van der Waals surface area contributed by atoms with E-state index in [0.717, 1.165) is 64.3 Å². The van der Waals surface area contributed by atoms with E-state index in [1.165, 1.54) is 0 Å². The monoisotopic (exact) mass is 443 g/mol. The van der Waals surface area contributed by atoms with Crippen LogP contribution in [0, 0.1) is 0 Å². The van der Waals surface area contributed by atoms with Crippen LogP contribution in [0.1, 0.15) is 35.8 Å². The molecule has 0 radical (unpaired) electrons. The van der Waals surface area contributed by atoms with Gasteiger partial charge in [0, 0.05) is 45.3 Å². The van der Waals surface area contributed by atoms with Gasteiger partial charge in [0.1, 0.15) is 0 Å². The standard InChI is InChI=1S/C23H30ClN5O2/c1-18(16-27-11-13-31-14-12-27)29(17-19-7-3-2-4-8-19)22(30)21-20(24)15-25-23(26-21)28-9-5-6-10-28/h2-4,7-8,15,18H,5-6,9-14,16-17H2,1H3. The highest BCUT2D eigenvalue weighted by molar-refractivity contribution is 6.33. The lowest BCUT2D eigenvalue weighted by atomic mass is 10.1. The number of morpholine rings is 1. The fourth-order valence-corrected chi connectivity index (χ4v) is 4.35. The van der Waals surface area contributed by atoms with Crippen LogP contribution in [0.25, 0.3) is 0 Å². The molecule has 1 amide bonds. The fourth-order valence-electron chi connectivity index (χ4n) is 4.18. The van der Waals surface area contributed by atoms with Crippen molar-refractivity contribution in [2.45, 2.75) is 32.4 Å². The van der Waals surface area contributed by atoms with Gasteiger partial charge in [-0.05, 0) is 25.3 Å². The average Bonchev–Trinajstić information content (AvgIpc) is 3.34. The Morgan fingerprint density at radius 1 is 1.16 bits per heavy atom. The normalized spacial score (nSPS) is 18.2. The van der Waals surface area contributed by atoms with E-state index in [1.54, 1.807) is 6.20 Å². The summed E-state index contributed by atoms with van der Waals surface area (Å²) in [5.74, 6) is 0.434. The first kappa shape index (κ1) is 22.0. The molecule has 0 bridgehead atoms. The molecular formula is C23H30ClN5O2. The quantitative estimate of drug-likeness (QED) is 0.655. The molecule has 2 aliphatic heterocycles. The molecule has 1 aromatic carbocycles. The Kier molecular flexibility index (Phi) is 7.37. The molecule has 1 atom stereocenters. The lowest BCUT2D eigenvalue weighted by Crippen LogP contribution is -2.48. The summed E-state index contributed by atoms with van der Waals surface area (Å²) in [6.45, 7) is 8.43. The first-order chi connectivity index (χ1) is 15.1. The van der Waals surface area contributed by atoms with Crippen molar-refractivity contribution in [2.75, 3.05) is 50.8 Å². The van der Waals surface area contributed by atoms with Gasteiger partial charge in [0.05, 0.1) is 24.4 Å². The van der Waals surface area contributed by atoms with Gasteiger partial charge in [-0.3, -0.25) is 9.69 Å². The summed E-state index contributed by atoms with van der Waals surface area (Å²) >= 11 is 6.42. The predicted octanol–water partition coefficient (Wildman–Crippen LogP) is 3.09. The molecule has 2 fully saturated rings. The van der Waals surface area contributed by atoms with Crippen LogP contribution in [0.2, 0.25) is 5.02 Å². The molecule has 3 heterocycles. The molecule has 31 heavy (non-hydrogen) atoms. The first-order valence-corrected chi connectivity index (χ1v) is 11.4. The van der Waals surface area contributed by atoms with Crippen LogP contribution < -0.4 is 4.90 Å². The van der Waals surface area contributed by atoms with E-state index in [0.29, 0.717) is 17.5 Å². The first-order valence-electron chi connectivity index (χ1n) is 11.0. The summed E-state index contributed by atoms with van der Waals surface area (Å²) in [6.07, 6.45) is 3.79. The average molecular weight is 444 g/mol. The van der Waals surface area contributed by atoms with Crippen LogP contribution in [0.5, 0.6) is 0 Å². The van der Waals surface area contributed by atoms with E-state index >= 15 is 0 Å². The van der Waals surface area contributed by atoms with Crippen molar-refractivity contribution in [3.63, 3.8) is 0 Å². The number of hydrogen-bond acceptors (Lipinski definition) is 6. The van der Waals surface area contributed by atoms with E-state index in [9.17, 15) is 4.79 Å². The lowest BCUT2D eigenvalue weighted by Gasteiger charge is -2.35. The van der Waals surface area contributed by atoms with Gasteiger partial charge in [-0.25, -0.2) is 9.97 Å². The van der Waals surface area contributed by atoms with E-state index in [2.05, 4.69) is 26.7 Å². The van der Waals surface area contributed by atoms with Crippen molar-refractivity contribution in [3.05, 3.63) is 52.8 Å². The number of amides is 1. The zero-order chi connectivity index (χ0) is 21.6. The SMILES string of the molecule is CC(CN1CCOCC1)N(Cc1ccccc1)C(=O)c1nc(N2CCCC2)ncc1Cl. The summed E-state index contributed by atoms with van der Waals surface area (Å²) in [7, 11) is 0. The van der Waals surface area contributed by atoms with Crippen LogP contribution in [-0.2, 0) is 11.3 Å². The Morgan fingerprint density at radius 3 is 2.58 bits per heavy atom. The van der Waals surface area contributed by atoms with E-state index < -0.39 is 0 Å². The second kappa shape index (κ2) is 10.4. The van der Waals surface area contributed by atoms with Crippen molar-refractivity contribution >= 4 is 23.5 Å². The highest BCUT2D eigenvalue weighted by Crippen LogP contribution is 2.23. The van der Waals surface area contributed by atoms with Gasteiger partial charge in [0.15, 0.2) is 5.69 Å². The number of benzene rings is 1. The molecule has 4 rings (SSSR count). The van der Waals surface area contributed by atoms with Crippen LogP contribution in [0.3, 0.4) is 0 Å². The highest BCUT2D eigenvalue weighted by atomic mass is 35.5. The van der Waals surface area contributed by atoms with Crippen LogP contribution in [0.15, 0.2) is 36.5 Å². The van der Waals surface area contributed by atoms with Crippen molar-refractivity contribution < 1.29 is 9.53 Å². The summed E-state index contributed by atoms with van der Waals surface area (Å²) < 4.78 is 5.47. The number of halogens is 1. The van der Waals surface area contributed by atoms with Crippen molar-refractivity contribution in [3.8, 4) is 0 Å². The molecule has 0 spiro atoms. The van der Waals surface area contributed by atoms with Gasteiger partial charge in [-0.2, -0.15) is 0 Å². The summed E-state index contributed by atoms with van der Waals surface area (Å²) in [5.41, 5.74) is 1.36. The molecule has 7 nitrogen and oxygen atoms in total. The Balaban J connectivity index is 1.58. The van der Waals surface area contributed by atoms with E-state index in [1.807, 2.05) is 35.2 Å². The Labute approximate surface area is 189 Å². The summed E-state index contributed by atoms with van der Waals surface area (Å²) in [6, 6.07) is 10.0. The molecule has 0 N–H and O–H groups in total. The third-order valence-corrected chi connectivity index (χ3v) is 6.21. The van der Waals surface area contributed by atoms with Crippen LogP contribution in [-0.4, -0.2) is 77.7 Å². The minimum atomic E-state index is -0.155. The maximum atomic E-state index is 13.7. The minimum Gasteiger partial charge on any atom is -0.379 e. The van der Waals surface area contributed by atoms with Gasteiger partial charge in [-0.1, -0.05) is 41.9 Å². The molecule has 2 aliphatic rings. The molecule has 166 valence electrons. The number of aromatic nitrogens is 2. The minimum absolute atomic E-state index is 0.00734. The molecule has 2 aromatic rings. The van der Waals surface area contributed by atoms with Gasteiger partial charge in [-0.15, -0.1) is 0 Å². The number of ether oxygens (including phenoxy) is 1. The van der Waals surface area contributed by atoms with Gasteiger partial charge in [0.25, 0.3) is 5.91 Å². The lowest BCUT2D eigenvalue weighted by molar-refractivity contribution is 0.0227. The molecule has 0 saturated carbocycles. The Morgan fingerprint density at radius 2 is 1.87 bits per heavy atom. The molecule has 8 heteroatoms. The smallest absolute Gasteiger partial charge is 0.274 e. The van der Waals surface area contributed by atoms with Crippen molar-refractivity contribution in [1.29, 1.82) is 0 Å². The molecule has 2 saturated heterocycles. The second-order valence-corrected chi connectivity index (χ2v) is 8.65. The van der Waals surface area contributed by atoms with Crippen LogP contribution in [0.4, 0.5) is 5.95 Å². The van der Waals surface area contributed by atoms with Crippen molar-refractivity contribution in [1.82, 2.24) is 19.8 Å². The molecule has 1 unspecified atom stereocenters. The third-order valence-electron chi connectivity index (χ3n) is 5.94. The van der Waals surface area contributed by atoms with E-state index in [-0.39, 0.29) is 17.6 Å². The third kappa shape index (κ3) is 5.53. The number of nitrogens with zero attached hydrogens (tertiary/aromatic N) is 5. The van der Waals surface area contributed by atoms with Gasteiger partial charge in [0.2, 0.25) is 5.95 Å². The Bertz CT molecular complexity index is 870. The number of anilines is 1. The number of carbonyl (C=O) groups excluding carboxylic acids is 1. The van der Waals surface area contributed by atoms with Gasteiger partial charge < -0.3 is 14.5 Å². The largest absolute Gasteiger partial charge is 0.379 e. The molecular weight excluding hydrogens is 414 g/mol. The zero-order valence-electron chi connectivity index (χ0n) is 18.0. The Hall–Kier alpha value is -2.22. The maximum absolute atomic E-state index is 13.7. The fraction of sp³-hybridized carbons (Fsp3) is 0.522. The zero-order valence-corrected chi connectivity index (χ0v) is 18.8. The van der Waals surface area contributed by atoms with Crippen molar-refractivity contribution in [2.24, 2.45) is 0 Å². The number of carbonyl (C=O) groups is 1. The molecule has 0 aliphatic carbocycles. The maximum Gasteiger partial charge on any atom is 0.274 e. The summed E-state index contributed by atoms with van der Waals surface area (Å²) in [5, 5.41) is 0.296. The second-order valence-electron chi connectivity index (χ2n) is 8.24. The summed E-state index contributed by atoms with van der Waals surface area (Å²) in [4.78, 5) is 29.0. The topological polar surface area (TPSA) is 61.8 Å².